The van der Waals surface area contributed by atoms with E-state index in [0.717, 1.165) is 30.8 Å². The van der Waals surface area contributed by atoms with Crippen LogP contribution in [0.15, 0.2) is 42.5 Å². The van der Waals surface area contributed by atoms with Crippen LogP contribution in [0.2, 0.25) is 0 Å². The van der Waals surface area contributed by atoms with Gasteiger partial charge in [-0.3, -0.25) is 4.79 Å². The van der Waals surface area contributed by atoms with Crippen molar-refractivity contribution in [3.05, 3.63) is 59.2 Å². The molecule has 0 aliphatic carbocycles. The number of carbonyl (C=O) groups excluding carboxylic acids is 1. The highest BCUT2D eigenvalue weighted by molar-refractivity contribution is 6.03. The van der Waals surface area contributed by atoms with Gasteiger partial charge in [0.05, 0.1) is 5.92 Å². The number of amides is 1. The van der Waals surface area contributed by atoms with Crippen LogP contribution in [0, 0.1) is 6.92 Å². The second-order valence-electron chi connectivity index (χ2n) is 6.18. The van der Waals surface area contributed by atoms with Gasteiger partial charge in [-0.15, -0.1) is 0 Å². The fourth-order valence-electron chi connectivity index (χ4n) is 3.32. The van der Waals surface area contributed by atoms with Crippen molar-refractivity contribution in [2.75, 3.05) is 23.3 Å². The van der Waals surface area contributed by atoms with Gasteiger partial charge in [-0.1, -0.05) is 29.8 Å². The first-order valence-corrected chi connectivity index (χ1v) is 8.37. The molecule has 1 atom stereocenters. The molecular weight excluding hydrogens is 284 g/mol. The van der Waals surface area contributed by atoms with Gasteiger partial charge in [0, 0.05) is 24.5 Å². The molecule has 0 bridgehead atoms. The Hall–Kier alpha value is -2.29. The van der Waals surface area contributed by atoms with Crippen molar-refractivity contribution < 1.29 is 4.79 Å². The van der Waals surface area contributed by atoms with E-state index < -0.39 is 0 Å². The number of benzene rings is 2. The Labute approximate surface area is 138 Å². The minimum absolute atomic E-state index is 0.0794. The van der Waals surface area contributed by atoms with Gasteiger partial charge in [-0.25, -0.2) is 0 Å². The molecule has 1 aliphatic rings. The van der Waals surface area contributed by atoms with Gasteiger partial charge in [0.15, 0.2) is 0 Å². The second-order valence-corrected chi connectivity index (χ2v) is 6.18. The van der Waals surface area contributed by atoms with Crippen molar-refractivity contribution in [2.24, 2.45) is 0 Å². The quantitative estimate of drug-likeness (QED) is 0.901. The van der Waals surface area contributed by atoms with Crippen LogP contribution >= 0.6 is 0 Å². The highest BCUT2D eigenvalue weighted by Crippen LogP contribution is 2.35. The van der Waals surface area contributed by atoms with E-state index in [2.05, 4.69) is 61.3 Å². The van der Waals surface area contributed by atoms with Gasteiger partial charge in [0.1, 0.15) is 0 Å². The van der Waals surface area contributed by atoms with Crippen LogP contribution in [0.4, 0.5) is 11.4 Å². The van der Waals surface area contributed by atoms with E-state index in [1.165, 1.54) is 16.8 Å². The summed E-state index contributed by atoms with van der Waals surface area (Å²) >= 11 is 0. The lowest BCUT2D eigenvalue weighted by Crippen LogP contribution is -2.21. The number of hydrogen-bond acceptors (Lipinski definition) is 2. The summed E-state index contributed by atoms with van der Waals surface area (Å²) in [6.45, 7) is 8.42. The largest absolute Gasteiger partial charge is 0.372 e. The van der Waals surface area contributed by atoms with E-state index in [0.29, 0.717) is 0 Å². The SMILES string of the molecule is CCN(CC)c1ccc(C[C@@H]2C(=O)Nc3ccc(C)cc32)cc1. The van der Waals surface area contributed by atoms with Crippen LogP contribution in [0.1, 0.15) is 36.5 Å². The molecule has 3 nitrogen and oxygen atoms in total. The van der Waals surface area contributed by atoms with Crippen LogP contribution in [0.3, 0.4) is 0 Å². The predicted octanol–water partition coefficient (Wildman–Crippen LogP) is 4.12. The smallest absolute Gasteiger partial charge is 0.232 e. The molecule has 0 saturated heterocycles. The molecule has 120 valence electrons. The summed E-state index contributed by atoms with van der Waals surface area (Å²) in [6.07, 6.45) is 0.751. The molecule has 0 saturated carbocycles. The Morgan fingerprint density at radius 3 is 2.39 bits per heavy atom. The lowest BCUT2D eigenvalue weighted by atomic mass is 9.92. The standard InChI is InChI=1S/C20H24N2O/c1-4-22(5-2)16-9-7-15(8-10-16)13-18-17-12-14(3)6-11-19(17)21-20(18)23/h6-12,18H,4-5,13H2,1-3H3,(H,21,23)/t18-/m0/s1. The fourth-order valence-corrected chi connectivity index (χ4v) is 3.32. The third-order valence-corrected chi connectivity index (χ3v) is 4.66. The molecule has 3 heteroatoms. The molecule has 0 radical (unpaired) electrons. The van der Waals surface area contributed by atoms with Gasteiger partial charge < -0.3 is 10.2 Å². The molecule has 0 fully saturated rings. The summed E-state index contributed by atoms with van der Waals surface area (Å²) in [4.78, 5) is 14.6. The zero-order valence-electron chi connectivity index (χ0n) is 14.1. The Morgan fingerprint density at radius 1 is 1.04 bits per heavy atom. The monoisotopic (exact) mass is 308 g/mol. The van der Waals surface area contributed by atoms with E-state index >= 15 is 0 Å². The number of nitrogens with zero attached hydrogens (tertiary/aromatic N) is 1. The van der Waals surface area contributed by atoms with E-state index in [4.69, 9.17) is 0 Å². The van der Waals surface area contributed by atoms with Gasteiger partial charge >= 0.3 is 0 Å². The summed E-state index contributed by atoms with van der Waals surface area (Å²) in [6, 6.07) is 14.8. The highest BCUT2D eigenvalue weighted by atomic mass is 16.2. The Kier molecular flexibility index (Phi) is 4.37. The van der Waals surface area contributed by atoms with E-state index in [1.54, 1.807) is 0 Å². The number of nitrogens with one attached hydrogen (secondary N) is 1. The number of aryl methyl sites for hydroxylation is 1. The molecular formula is C20H24N2O. The zero-order valence-corrected chi connectivity index (χ0v) is 14.1. The fraction of sp³-hybridized carbons (Fsp3) is 0.350. The second kappa shape index (κ2) is 6.45. The third kappa shape index (κ3) is 3.09. The predicted molar refractivity (Wildman–Crippen MR) is 96.3 cm³/mol. The van der Waals surface area contributed by atoms with E-state index in [9.17, 15) is 4.79 Å². The lowest BCUT2D eigenvalue weighted by molar-refractivity contribution is -0.117. The number of anilines is 2. The van der Waals surface area contributed by atoms with E-state index in [-0.39, 0.29) is 11.8 Å². The molecule has 3 rings (SSSR count). The van der Waals surface area contributed by atoms with Crippen molar-refractivity contribution in [3.8, 4) is 0 Å². The molecule has 2 aromatic rings. The summed E-state index contributed by atoms with van der Waals surface area (Å²) in [5, 5.41) is 3.00. The van der Waals surface area contributed by atoms with Crippen molar-refractivity contribution in [1.82, 2.24) is 0 Å². The summed E-state index contributed by atoms with van der Waals surface area (Å²) in [5.41, 5.74) is 5.73. The van der Waals surface area contributed by atoms with Crippen LogP contribution in [0.5, 0.6) is 0 Å². The molecule has 0 unspecified atom stereocenters. The zero-order chi connectivity index (χ0) is 16.4. The minimum atomic E-state index is -0.0794. The number of hydrogen-bond donors (Lipinski definition) is 1. The van der Waals surface area contributed by atoms with Gasteiger partial charge in [0.2, 0.25) is 5.91 Å². The maximum Gasteiger partial charge on any atom is 0.232 e. The summed E-state index contributed by atoms with van der Waals surface area (Å²) in [5.74, 6) is 0.0302. The molecule has 0 spiro atoms. The highest BCUT2D eigenvalue weighted by Gasteiger charge is 2.30. The molecule has 0 aromatic heterocycles. The lowest BCUT2D eigenvalue weighted by Gasteiger charge is -2.21. The van der Waals surface area contributed by atoms with Gasteiger partial charge in [0.25, 0.3) is 0 Å². The Bertz CT molecular complexity index is 702. The maximum absolute atomic E-state index is 12.3. The van der Waals surface area contributed by atoms with Crippen molar-refractivity contribution in [2.45, 2.75) is 33.1 Å². The first kappa shape index (κ1) is 15.6. The first-order chi connectivity index (χ1) is 11.1. The molecule has 1 N–H and O–H groups in total. The van der Waals surface area contributed by atoms with Crippen LogP contribution in [-0.2, 0) is 11.2 Å². The first-order valence-electron chi connectivity index (χ1n) is 8.37. The van der Waals surface area contributed by atoms with Gasteiger partial charge in [-0.05, 0) is 56.5 Å². The minimum Gasteiger partial charge on any atom is -0.372 e. The van der Waals surface area contributed by atoms with E-state index in [1.807, 2.05) is 12.1 Å². The van der Waals surface area contributed by atoms with Crippen molar-refractivity contribution in [1.29, 1.82) is 0 Å². The number of fused-ring (bicyclic) bond motifs is 1. The van der Waals surface area contributed by atoms with Gasteiger partial charge in [-0.2, -0.15) is 0 Å². The summed E-state index contributed by atoms with van der Waals surface area (Å²) < 4.78 is 0. The Morgan fingerprint density at radius 2 is 1.74 bits per heavy atom. The normalized spacial score (nSPS) is 16.1. The molecule has 2 aromatic carbocycles. The molecule has 1 amide bonds. The molecule has 23 heavy (non-hydrogen) atoms. The van der Waals surface area contributed by atoms with Crippen molar-refractivity contribution >= 4 is 17.3 Å². The summed E-state index contributed by atoms with van der Waals surface area (Å²) in [7, 11) is 0. The average Bonchev–Trinajstić information content (AvgIpc) is 2.86. The topological polar surface area (TPSA) is 32.3 Å². The number of rotatable bonds is 5. The Balaban J connectivity index is 1.80. The average molecular weight is 308 g/mol. The molecule has 1 aliphatic heterocycles. The number of carbonyl (C=O) groups is 1. The maximum atomic E-state index is 12.3. The van der Waals surface area contributed by atoms with Crippen molar-refractivity contribution in [3.63, 3.8) is 0 Å². The van der Waals surface area contributed by atoms with Crippen LogP contribution < -0.4 is 10.2 Å². The third-order valence-electron chi connectivity index (χ3n) is 4.66. The van der Waals surface area contributed by atoms with Crippen LogP contribution in [0.25, 0.3) is 0 Å². The molecule has 1 heterocycles. The van der Waals surface area contributed by atoms with Crippen LogP contribution in [-0.4, -0.2) is 19.0 Å².